The van der Waals surface area contributed by atoms with Gasteiger partial charge < -0.3 is 10.1 Å². The van der Waals surface area contributed by atoms with Crippen molar-refractivity contribution in [2.75, 3.05) is 17.7 Å². The quantitative estimate of drug-likeness (QED) is 0.329. The van der Waals surface area contributed by atoms with Crippen LogP contribution < -0.4 is 5.32 Å². The van der Waals surface area contributed by atoms with Crippen LogP contribution in [0.1, 0.15) is 51.0 Å². The van der Waals surface area contributed by atoms with Crippen molar-refractivity contribution in [1.82, 2.24) is 9.97 Å². The number of anilines is 1. The van der Waals surface area contributed by atoms with Crippen molar-refractivity contribution in [2.45, 2.75) is 50.5 Å². The summed E-state index contributed by atoms with van der Waals surface area (Å²) in [6, 6.07) is 0. The normalized spacial score (nSPS) is 14.7. The third-order valence-corrected chi connectivity index (χ3v) is 8.86. The van der Waals surface area contributed by atoms with Crippen LogP contribution in [0, 0.1) is 0 Å². The molecular formula is C21H21N3O3S3. The fourth-order valence-electron chi connectivity index (χ4n) is 4.22. The van der Waals surface area contributed by atoms with E-state index in [2.05, 4.69) is 15.3 Å². The van der Waals surface area contributed by atoms with E-state index in [1.54, 1.807) is 24.6 Å². The van der Waals surface area contributed by atoms with Gasteiger partial charge >= 0.3 is 5.97 Å². The van der Waals surface area contributed by atoms with Crippen molar-refractivity contribution in [1.29, 1.82) is 0 Å². The lowest BCUT2D eigenvalue weighted by Gasteiger charge is -2.08. The van der Waals surface area contributed by atoms with Crippen LogP contribution in [0.4, 0.5) is 5.00 Å². The molecular weight excluding hydrogens is 438 g/mol. The molecule has 30 heavy (non-hydrogen) atoms. The molecule has 0 unspecified atom stereocenters. The molecule has 9 heteroatoms. The molecule has 0 spiro atoms. The molecule has 0 aromatic carbocycles. The molecule has 5 rings (SSSR count). The smallest absolute Gasteiger partial charge is 0.341 e. The molecule has 156 valence electrons. The zero-order valence-corrected chi connectivity index (χ0v) is 19.0. The Bertz CT molecular complexity index is 1150. The minimum absolute atomic E-state index is 0.135. The van der Waals surface area contributed by atoms with E-state index in [4.69, 9.17) is 4.74 Å². The molecule has 3 aromatic rings. The Morgan fingerprint density at radius 3 is 2.67 bits per heavy atom. The third-order valence-electron chi connectivity index (χ3n) is 5.46. The molecule has 0 saturated carbocycles. The van der Waals surface area contributed by atoms with Gasteiger partial charge in [-0.25, -0.2) is 14.8 Å². The number of fused-ring (bicyclic) bond motifs is 4. The first-order valence-corrected chi connectivity index (χ1v) is 12.8. The largest absolute Gasteiger partial charge is 0.462 e. The summed E-state index contributed by atoms with van der Waals surface area (Å²) in [6.07, 6.45) is 7.80. The van der Waals surface area contributed by atoms with Crippen LogP contribution in [0.25, 0.3) is 10.2 Å². The average Bonchev–Trinajstić information content (AvgIpc) is 3.46. The van der Waals surface area contributed by atoms with Gasteiger partial charge in [0, 0.05) is 15.1 Å². The second kappa shape index (κ2) is 8.28. The number of hydrogen-bond donors (Lipinski definition) is 1. The molecule has 0 saturated heterocycles. The number of ether oxygens (including phenoxy) is 1. The maximum Gasteiger partial charge on any atom is 0.341 e. The van der Waals surface area contributed by atoms with Gasteiger partial charge in [0.1, 0.15) is 21.2 Å². The first-order valence-electron chi connectivity index (χ1n) is 10.1. The Morgan fingerprint density at radius 1 is 1.10 bits per heavy atom. The molecule has 0 aliphatic heterocycles. The van der Waals surface area contributed by atoms with Crippen LogP contribution in [0.5, 0.6) is 0 Å². The van der Waals surface area contributed by atoms with Crippen LogP contribution in [-0.4, -0.2) is 34.2 Å². The number of thioether (sulfide) groups is 1. The molecule has 0 fully saturated rings. The van der Waals surface area contributed by atoms with E-state index in [0.717, 1.165) is 52.9 Å². The number of rotatable bonds is 6. The van der Waals surface area contributed by atoms with Crippen molar-refractivity contribution in [3.8, 4) is 0 Å². The second-order valence-electron chi connectivity index (χ2n) is 7.34. The molecule has 0 radical (unpaired) electrons. The maximum atomic E-state index is 12.7. The predicted octanol–water partition coefficient (Wildman–Crippen LogP) is 4.64. The summed E-state index contributed by atoms with van der Waals surface area (Å²) >= 11 is 4.69. The molecule has 1 N–H and O–H groups in total. The van der Waals surface area contributed by atoms with Crippen molar-refractivity contribution < 1.29 is 14.3 Å². The Kier molecular flexibility index (Phi) is 5.51. The number of aryl methyl sites for hydroxylation is 3. The average molecular weight is 460 g/mol. The summed E-state index contributed by atoms with van der Waals surface area (Å²) in [5.41, 5.74) is 2.96. The van der Waals surface area contributed by atoms with Crippen molar-refractivity contribution in [3.63, 3.8) is 0 Å². The zero-order valence-electron chi connectivity index (χ0n) is 16.6. The van der Waals surface area contributed by atoms with Gasteiger partial charge in [0.15, 0.2) is 0 Å². The number of carbonyl (C=O) groups excluding carboxylic acids is 2. The summed E-state index contributed by atoms with van der Waals surface area (Å²) < 4.78 is 5.24. The number of carbonyl (C=O) groups is 2. The van der Waals surface area contributed by atoms with E-state index in [-0.39, 0.29) is 17.6 Å². The third kappa shape index (κ3) is 3.52. The van der Waals surface area contributed by atoms with Gasteiger partial charge in [-0.2, -0.15) is 0 Å². The Labute approximate surface area is 186 Å². The van der Waals surface area contributed by atoms with Gasteiger partial charge in [0.2, 0.25) is 5.91 Å². The van der Waals surface area contributed by atoms with E-state index < -0.39 is 0 Å². The highest BCUT2D eigenvalue weighted by molar-refractivity contribution is 8.00. The minimum atomic E-state index is -0.341. The van der Waals surface area contributed by atoms with Gasteiger partial charge in [-0.3, -0.25) is 4.79 Å². The summed E-state index contributed by atoms with van der Waals surface area (Å²) in [5.74, 6) is -0.239. The predicted molar refractivity (Wildman–Crippen MR) is 121 cm³/mol. The molecule has 3 aromatic heterocycles. The van der Waals surface area contributed by atoms with E-state index in [1.807, 2.05) is 0 Å². The Balaban J connectivity index is 1.33. The van der Waals surface area contributed by atoms with Crippen LogP contribution in [-0.2, 0) is 35.2 Å². The molecule has 2 aliphatic rings. The number of esters is 1. The van der Waals surface area contributed by atoms with Crippen molar-refractivity contribution in [2.24, 2.45) is 0 Å². The first kappa shape index (κ1) is 20.0. The highest BCUT2D eigenvalue weighted by atomic mass is 32.2. The second-order valence-corrected chi connectivity index (χ2v) is 10.5. The Hall–Kier alpha value is -1.97. The van der Waals surface area contributed by atoms with E-state index >= 15 is 0 Å². The molecule has 6 nitrogen and oxygen atoms in total. The SMILES string of the molecule is CCOC(=O)c1c(NC(=O)CSc2ncnc3sc4c(c23)CCC4)sc2c1CCC2. The van der Waals surface area contributed by atoms with E-state index in [0.29, 0.717) is 17.2 Å². The number of aromatic nitrogens is 2. The van der Waals surface area contributed by atoms with Gasteiger partial charge in [-0.15, -0.1) is 22.7 Å². The van der Waals surface area contributed by atoms with Gasteiger partial charge in [-0.1, -0.05) is 11.8 Å². The lowest BCUT2D eigenvalue weighted by Crippen LogP contribution is -2.16. The van der Waals surface area contributed by atoms with Crippen LogP contribution in [0.3, 0.4) is 0 Å². The Morgan fingerprint density at radius 2 is 1.87 bits per heavy atom. The van der Waals surface area contributed by atoms with Gasteiger partial charge in [-0.05, 0) is 56.6 Å². The lowest BCUT2D eigenvalue weighted by molar-refractivity contribution is -0.113. The molecule has 2 aliphatic carbocycles. The monoisotopic (exact) mass is 459 g/mol. The zero-order chi connectivity index (χ0) is 20.7. The molecule has 0 bridgehead atoms. The minimum Gasteiger partial charge on any atom is -0.462 e. The van der Waals surface area contributed by atoms with Crippen molar-refractivity contribution >= 4 is 61.5 Å². The van der Waals surface area contributed by atoms with Crippen molar-refractivity contribution in [3.05, 3.63) is 32.8 Å². The van der Waals surface area contributed by atoms with Gasteiger partial charge in [0.25, 0.3) is 0 Å². The first-order chi connectivity index (χ1) is 14.7. The summed E-state index contributed by atoms with van der Waals surface area (Å²) in [5, 5.41) is 5.57. The van der Waals surface area contributed by atoms with E-state index in [9.17, 15) is 9.59 Å². The number of nitrogens with zero attached hydrogens (tertiary/aromatic N) is 2. The van der Waals surface area contributed by atoms with Crippen LogP contribution in [0.2, 0.25) is 0 Å². The maximum absolute atomic E-state index is 12.7. The summed E-state index contributed by atoms with van der Waals surface area (Å²) in [7, 11) is 0. The number of nitrogens with one attached hydrogen (secondary N) is 1. The lowest BCUT2D eigenvalue weighted by atomic mass is 10.1. The number of amides is 1. The fraction of sp³-hybridized carbons (Fsp3) is 0.429. The highest BCUT2D eigenvalue weighted by Gasteiger charge is 2.28. The number of hydrogen-bond acceptors (Lipinski definition) is 8. The van der Waals surface area contributed by atoms with E-state index in [1.165, 1.54) is 44.8 Å². The number of thiophene rings is 2. The molecule has 3 heterocycles. The topological polar surface area (TPSA) is 81.2 Å². The van der Waals surface area contributed by atoms with Crippen LogP contribution in [0.15, 0.2) is 11.4 Å². The highest BCUT2D eigenvalue weighted by Crippen LogP contribution is 2.41. The van der Waals surface area contributed by atoms with Gasteiger partial charge in [0.05, 0.1) is 17.9 Å². The summed E-state index contributed by atoms with van der Waals surface area (Å²) in [4.78, 5) is 37.7. The fourth-order valence-corrected chi connectivity index (χ4v) is 7.63. The van der Waals surface area contributed by atoms with Crippen LogP contribution >= 0.6 is 34.4 Å². The molecule has 0 atom stereocenters. The standard InChI is InChI=1S/C21H21N3O3S3/c1-2-27-21(26)17-12-6-4-8-14(12)30-20(17)24-15(25)9-28-18-16-11-5-3-7-13(11)29-19(16)23-10-22-18/h10H,2-9H2,1H3,(H,24,25). The molecule has 1 amide bonds. The summed E-state index contributed by atoms with van der Waals surface area (Å²) in [6.45, 7) is 2.12.